The van der Waals surface area contributed by atoms with Gasteiger partial charge in [-0.3, -0.25) is 14.2 Å². The van der Waals surface area contributed by atoms with Gasteiger partial charge in [0.1, 0.15) is 5.76 Å². The van der Waals surface area contributed by atoms with Gasteiger partial charge < -0.3 is 5.11 Å². The molecule has 0 bridgehead atoms. The summed E-state index contributed by atoms with van der Waals surface area (Å²) in [7, 11) is -8.14. The maximum atomic E-state index is 12.9. The Bertz CT molecular complexity index is 1510. The summed E-state index contributed by atoms with van der Waals surface area (Å²) in [5, 5.41) is 10.9. The number of carbonyl (C=O) groups is 1. The predicted molar refractivity (Wildman–Crippen MR) is 137 cm³/mol. The van der Waals surface area contributed by atoms with Crippen LogP contribution in [0.25, 0.3) is 5.57 Å². The molecule has 3 aromatic rings. The SMILES string of the molecule is CC(=O)/C(=C(/C)O)c1cc(NS(=O)(=O)c2ccc(Cl)cc2)ccc1NS(=O)(=O)c1ccc(Cl)cc1. The van der Waals surface area contributed by atoms with E-state index in [-0.39, 0.29) is 38.1 Å². The molecule has 0 amide bonds. The minimum Gasteiger partial charge on any atom is -0.512 e. The van der Waals surface area contributed by atoms with E-state index in [1.807, 2.05) is 0 Å². The van der Waals surface area contributed by atoms with Crippen LogP contribution in [-0.4, -0.2) is 27.7 Å². The number of hydrogen-bond donors (Lipinski definition) is 3. The Morgan fingerprint density at radius 2 is 1.20 bits per heavy atom. The average molecular weight is 555 g/mol. The fraction of sp³-hybridized carbons (Fsp3) is 0.0870. The van der Waals surface area contributed by atoms with Crippen LogP contribution in [0, 0.1) is 0 Å². The Balaban J connectivity index is 2.08. The number of anilines is 2. The third kappa shape index (κ3) is 6.34. The second-order valence-corrected chi connectivity index (χ2v) is 11.6. The number of sulfonamides is 2. The minimum absolute atomic E-state index is 0.0219. The van der Waals surface area contributed by atoms with Gasteiger partial charge in [0.05, 0.1) is 21.1 Å². The van der Waals surface area contributed by atoms with E-state index in [2.05, 4.69) is 9.44 Å². The summed E-state index contributed by atoms with van der Waals surface area (Å²) in [5.41, 5.74) is -0.227. The molecule has 184 valence electrons. The highest BCUT2D eigenvalue weighted by Crippen LogP contribution is 2.32. The molecular weight excluding hydrogens is 535 g/mol. The van der Waals surface area contributed by atoms with Gasteiger partial charge in [0.15, 0.2) is 5.78 Å². The lowest BCUT2D eigenvalue weighted by molar-refractivity contribution is -0.111. The van der Waals surface area contributed by atoms with Crippen LogP contribution in [0.3, 0.4) is 0 Å². The minimum atomic E-state index is -4.11. The normalized spacial score (nSPS) is 12.6. The van der Waals surface area contributed by atoms with Crippen LogP contribution in [0.4, 0.5) is 11.4 Å². The number of aliphatic hydroxyl groups is 1. The van der Waals surface area contributed by atoms with Crippen molar-refractivity contribution < 1.29 is 26.7 Å². The van der Waals surface area contributed by atoms with Gasteiger partial charge in [-0.05, 0) is 80.6 Å². The van der Waals surface area contributed by atoms with Crippen LogP contribution in [0.15, 0.2) is 82.3 Å². The third-order valence-electron chi connectivity index (χ3n) is 4.75. The number of hydrogen-bond acceptors (Lipinski definition) is 6. The number of Topliss-reactive ketones (excluding diaryl/α,β-unsaturated/α-hetero) is 1. The molecule has 0 heterocycles. The van der Waals surface area contributed by atoms with Gasteiger partial charge in [0.25, 0.3) is 20.0 Å². The van der Waals surface area contributed by atoms with Crippen LogP contribution in [0.2, 0.25) is 10.0 Å². The zero-order valence-electron chi connectivity index (χ0n) is 18.4. The Hall–Kier alpha value is -3.05. The van der Waals surface area contributed by atoms with E-state index in [0.29, 0.717) is 10.0 Å². The first-order valence-electron chi connectivity index (χ1n) is 9.92. The highest BCUT2D eigenvalue weighted by molar-refractivity contribution is 7.93. The first-order valence-corrected chi connectivity index (χ1v) is 13.6. The zero-order chi connectivity index (χ0) is 26.0. The van der Waals surface area contributed by atoms with E-state index < -0.39 is 25.8 Å². The summed E-state index contributed by atoms with van der Waals surface area (Å²) in [5.74, 6) is -0.934. The number of allylic oxidation sites excluding steroid dienone is 2. The standard InChI is InChI=1S/C23H20Cl2N2O6S2/c1-14(28)23(15(2)29)21-13-18(26-34(30,31)19-8-3-16(24)4-9-19)7-12-22(21)27-35(32,33)20-10-5-17(25)6-11-20/h3-13,26-28H,1-2H3/b23-14+. The van der Waals surface area contributed by atoms with E-state index in [9.17, 15) is 26.7 Å². The number of halogens is 2. The summed E-state index contributed by atoms with van der Waals surface area (Å²) in [6.07, 6.45) is 0. The number of aliphatic hydroxyl groups excluding tert-OH is 1. The molecule has 8 nitrogen and oxygen atoms in total. The molecule has 0 aliphatic heterocycles. The maximum absolute atomic E-state index is 12.9. The second-order valence-electron chi connectivity index (χ2n) is 7.40. The molecule has 0 fully saturated rings. The summed E-state index contributed by atoms with van der Waals surface area (Å²) < 4.78 is 56.2. The van der Waals surface area contributed by atoms with Crippen molar-refractivity contribution >= 4 is 66.0 Å². The van der Waals surface area contributed by atoms with E-state index in [4.69, 9.17) is 23.2 Å². The summed E-state index contributed by atoms with van der Waals surface area (Å²) in [6.45, 7) is 2.45. The summed E-state index contributed by atoms with van der Waals surface area (Å²) in [4.78, 5) is 12.2. The largest absolute Gasteiger partial charge is 0.512 e. The Morgan fingerprint density at radius 1 is 0.743 bits per heavy atom. The molecule has 0 atom stereocenters. The molecular formula is C23H20Cl2N2O6S2. The molecule has 0 spiro atoms. The number of carbonyl (C=O) groups excluding carboxylic acids is 1. The molecule has 0 aromatic heterocycles. The first-order chi connectivity index (χ1) is 16.3. The first kappa shape index (κ1) is 26.6. The van der Waals surface area contributed by atoms with Crippen molar-refractivity contribution in [2.45, 2.75) is 23.6 Å². The number of rotatable bonds is 8. The van der Waals surface area contributed by atoms with Crippen molar-refractivity contribution in [1.29, 1.82) is 0 Å². The molecule has 0 radical (unpaired) electrons. The Morgan fingerprint density at radius 3 is 1.63 bits per heavy atom. The van der Waals surface area contributed by atoms with Crippen LogP contribution >= 0.6 is 23.2 Å². The van der Waals surface area contributed by atoms with Crippen molar-refractivity contribution in [3.63, 3.8) is 0 Å². The van der Waals surface area contributed by atoms with E-state index >= 15 is 0 Å². The maximum Gasteiger partial charge on any atom is 0.261 e. The Labute approximate surface area is 213 Å². The Kier molecular flexibility index (Phi) is 7.80. The summed E-state index contributed by atoms with van der Waals surface area (Å²) >= 11 is 11.7. The van der Waals surface area contributed by atoms with E-state index in [0.717, 1.165) is 0 Å². The van der Waals surface area contributed by atoms with Crippen molar-refractivity contribution in [2.24, 2.45) is 0 Å². The van der Waals surface area contributed by atoms with Gasteiger partial charge in [-0.2, -0.15) is 0 Å². The van der Waals surface area contributed by atoms with Crippen molar-refractivity contribution in [2.75, 3.05) is 9.44 Å². The molecule has 0 aliphatic rings. The number of nitrogens with one attached hydrogen (secondary N) is 2. The van der Waals surface area contributed by atoms with E-state index in [1.165, 1.54) is 80.6 Å². The zero-order valence-corrected chi connectivity index (χ0v) is 21.6. The molecule has 0 aliphatic carbocycles. The predicted octanol–water partition coefficient (Wildman–Crippen LogP) is 5.47. The molecule has 3 rings (SSSR count). The lowest BCUT2D eigenvalue weighted by atomic mass is 9.99. The lowest BCUT2D eigenvalue weighted by Gasteiger charge is -2.17. The molecule has 12 heteroatoms. The van der Waals surface area contributed by atoms with Gasteiger partial charge >= 0.3 is 0 Å². The molecule has 0 saturated carbocycles. The molecule has 0 saturated heterocycles. The molecule has 3 aromatic carbocycles. The van der Waals surface area contributed by atoms with Gasteiger partial charge in [0.2, 0.25) is 0 Å². The highest BCUT2D eigenvalue weighted by atomic mass is 35.5. The topological polar surface area (TPSA) is 130 Å². The van der Waals surface area contributed by atoms with Gasteiger partial charge in [0, 0.05) is 21.3 Å². The van der Waals surface area contributed by atoms with Gasteiger partial charge in [-0.25, -0.2) is 16.8 Å². The smallest absolute Gasteiger partial charge is 0.261 e. The van der Waals surface area contributed by atoms with Gasteiger partial charge in [-0.15, -0.1) is 0 Å². The highest BCUT2D eigenvalue weighted by Gasteiger charge is 2.22. The van der Waals surface area contributed by atoms with Gasteiger partial charge in [-0.1, -0.05) is 23.2 Å². The molecule has 0 unspecified atom stereocenters. The molecule has 3 N–H and O–H groups in total. The average Bonchev–Trinajstić information content (AvgIpc) is 2.75. The second kappa shape index (κ2) is 10.3. The number of benzene rings is 3. The van der Waals surface area contributed by atoms with Crippen LogP contribution in [0.1, 0.15) is 19.4 Å². The van der Waals surface area contributed by atoms with Crippen molar-refractivity contribution in [3.8, 4) is 0 Å². The number of ketones is 1. The van der Waals surface area contributed by atoms with Crippen molar-refractivity contribution in [1.82, 2.24) is 0 Å². The molecule has 35 heavy (non-hydrogen) atoms. The fourth-order valence-corrected chi connectivity index (χ4v) is 5.57. The van der Waals surface area contributed by atoms with E-state index in [1.54, 1.807) is 0 Å². The van der Waals surface area contributed by atoms with Crippen LogP contribution in [-0.2, 0) is 24.8 Å². The quantitative estimate of drug-likeness (QED) is 0.250. The summed E-state index contributed by atoms with van der Waals surface area (Å²) in [6, 6.07) is 14.8. The van der Waals surface area contributed by atoms with Crippen LogP contribution < -0.4 is 9.44 Å². The fourth-order valence-electron chi connectivity index (χ4n) is 3.19. The monoisotopic (exact) mass is 554 g/mol. The third-order valence-corrected chi connectivity index (χ3v) is 8.03. The lowest BCUT2D eigenvalue weighted by Crippen LogP contribution is -2.16. The van der Waals surface area contributed by atoms with Crippen molar-refractivity contribution in [3.05, 3.63) is 88.1 Å². The van der Waals surface area contributed by atoms with Crippen LogP contribution in [0.5, 0.6) is 0 Å².